The van der Waals surface area contributed by atoms with Crippen molar-refractivity contribution in [3.63, 3.8) is 0 Å². The second kappa shape index (κ2) is 3.05. The third-order valence-corrected chi connectivity index (χ3v) is 3.11. The van der Waals surface area contributed by atoms with Crippen molar-refractivity contribution in [3.8, 4) is 0 Å². The van der Waals surface area contributed by atoms with Crippen LogP contribution >= 0.6 is 11.7 Å². The molecule has 0 spiro atoms. The van der Waals surface area contributed by atoms with Crippen molar-refractivity contribution in [1.29, 1.82) is 0 Å². The molecule has 0 atom stereocenters. The van der Waals surface area contributed by atoms with Gasteiger partial charge in [0.1, 0.15) is 0 Å². The molecule has 0 saturated heterocycles. The van der Waals surface area contributed by atoms with Gasteiger partial charge in [-0.25, -0.2) is 0 Å². The van der Waals surface area contributed by atoms with E-state index in [1.165, 1.54) is 0 Å². The molecule has 1 aliphatic carbocycles. The molecule has 0 unspecified atom stereocenters. The van der Waals surface area contributed by atoms with Crippen LogP contribution in [0.3, 0.4) is 0 Å². The largest absolute Gasteiger partial charge is 0.287 e. The predicted octanol–water partition coefficient (Wildman–Crippen LogP) is 1.62. The number of hydrogen-bond acceptors (Lipinski definition) is 5. The second-order valence-corrected chi connectivity index (χ2v) is 4.20. The highest BCUT2D eigenvalue weighted by Crippen LogP contribution is 2.26. The van der Waals surface area contributed by atoms with Crippen LogP contribution in [0.5, 0.6) is 0 Å². The molecule has 1 aliphatic rings. The summed E-state index contributed by atoms with van der Waals surface area (Å²) >= 11 is 0.896. The monoisotopic (exact) mass is 230 g/mol. The standard InChI is InChI=1S/C11H6N2O2S/c1-5-2-3-6-7(4-5)11(15)9-8(10(6)14)12-16-13-9/h2-4H,1H3. The quantitative estimate of drug-likeness (QED) is 0.588. The fourth-order valence-corrected chi connectivity index (χ4v) is 2.33. The van der Waals surface area contributed by atoms with Crippen molar-refractivity contribution in [1.82, 2.24) is 8.75 Å². The smallest absolute Gasteiger partial charge is 0.215 e. The minimum Gasteiger partial charge on any atom is -0.287 e. The van der Waals surface area contributed by atoms with Crippen LogP contribution in [-0.2, 0) is 0 Å². The lowest BCUT2D eigenvalue weighted by Gasteiger charge is -2.12. The number of fused-ring (bicyclic) bond motifs is 2. The summed E-state index contributed by atoms with van der Waals surface area (Å²) in [5.41, 5.74) is 2.19. The normalized spacial score (nSPS) is 13.6. The Morgan fingerprint density at radius 2 is 1.62 bits per heavy atom. The minimum absolute atomic E-state index is 0.186. The Morgan fingerprint density at radius 1 is 1.00 bits per heavy atom. The SMILES string of the molecule is Cc1ccc2c(c1)C(=O)c1nsnc1C2=O. The van der Waals surface area contributed by atoms with E-state index >= 15 is 0 Å². The van der Waals surface area contributed by atoms with Crippen molar-refractivity contribution in [2.24, 2.45) is 0 Å². The molecule has 0 saturated carbocycles. The van der Waals surface area contributed by atoms with Gasteiger partial charge in [0.05, 0.1) is 11.7 Å². The summed E-state index contributed by atoms with van der Waals surface area (Å²) in [7, 11) is 0. The van der Waals surface area contributed by atoms with Crippen LogP contribution in [0.4, 0.5) is 0 Å². The lowest BCUT2D eigenvalue weighted by atomic mass is 9.89. The number of aromatic nitrogens is 2. The van der Waals surface area contributed by atoms with E-state index < -0.39 is 0 Å². The lowest BCUT2D eigenvalue weighted by molar-refractivity contribution is 0.0974. The molecule has 16 heavy (non-hydrogen) atoms. The van der Waals surface area contributed by atoms with E-state index in [2.05, 4.69) is 8.75 Å². The fraction of sp³-hybridized carbons (Fsp3) is 0.0909. The first kappa shape index (κ1) is 9.35. The Balaban J connectivity index is 2.34. The van der Waals surface area contributed by atoms with E-state index in [-0.39, 0.29) is 23.0 Å². The highest BCUT2D eigenvalue weighted by Gasteiger charge is 2.33. The molecule has 1 aromatic heterocycles. The van der Waals surface area contributed by atoms with Crippen molar-refractivity contribution in [3.05, 3.63) is 46.3 Å². The minimum atomic E-state index is -0.210. The molecule has 0 bridgehead atoms. The number of benzene rings is 1. The van der Waals surface area contributed by atoms with Crippen molar-refractivity contribution < 1.29 is 9.59 Å². The van der Waals surface area contributed by atoms with Crippen LogP contribution in [0, 0.1) is 6.92 Å². The van der Waals surface area contributed by atoms with Crippen LogP contribution in [-0.4, -0.2) is 20.3 Å². The summed E-state index contributed by atoms with van der Waals surface area (Å²) in [5.74, 6) is -0.416. The van der Waals surface area contributed by atoms with Crippen LogP contribution in [0.2, 0.25) is 0 Å². The van der Waals surface area contributed by atoms with Gasteiger partial charge >= 0.3 is 0 Å². The Labute approximate surface area is 95.3 Å². The van der Waals surface area contributed by atoms with Gasteiger partial charge in [-0.3, -0.25) is 9.59 Å². The number of hydrogen-bond donors (Lipinski definition) is 0. The summed E-state index contributed by atoms with van der Waals surface area (Å²) in [5, 5.41) is 0. The average molecular weight is 230 g/mol. The molecule has 0 fully saturated rings. The van der Waals surface area contributed by atoms with E-state index in [9.17, 15) is 9.59 Å². The fourth-order valence-electron chi connectivity index (χ4n) is 1.79. The number of ketones is 2. The Kier molecular flexibility index (Phi) is 1.79. The molecule has 0 radical (unpaired) electrons. The third-order valence-electron chi connectivity index (χ3n) is 2.58. The van der Waals surface area contributed by atoms with Crippen molar-refractivity contribution >= 4 is 23.3 Å². The molecule has 3 rings (SSSR count). The predicted molar refractivity (Wildman–Crippen MR) is 58.0 cm³/mol. The summed E-state index contributed by atoms with van der Waals surface area (Å²) in [6.07, 6.45) is 0. The van der Waals surface area contributed by atoms with E-state index in [4.69, 9.17) is 0 Å². The summed E-state index contributed by atoms with van der Waals surface area (Å²) < 4.78 is 7.75. The number of rotatable bonds is 0. The number of carbonyl (C=O) groups is 2. The van der Waals surface area contributed by atoms with Gasteiger partial charge in [0.2, 0.25) is 11.6 Å². The van der Waals surface area contributed by atoms with Gasteiger partial charge in [-0.2, -0.15) is 8.75 Å². The maximum absolute atomic E-state index is 12.0. The first-order valence-corrected chi connectivity index (χ1v) is 5.44. The van der Waals surface area contributed by atoms with E-state index in [0.29, 0.717) is 11.1 Å². The zero-order valence-electron chi connectivity index (χ0n) is 8.35. The van der Waals surface area contributed by atoms with Gasteiger partial charge in [0, 0.05) is 11.1 Å². The molecule has 5 heteroatoms. The second-order valence-electron chi connectivity index (χ2n) is 3.67. The first-order chi connectivity index (χ1) is 7.68. The number of carbonyl (C=O) groups excluding carboxylic acids is 2. The van der Waals surface area contributed by atoms with Crippen LogP contribution in [0.1, 0.15) is 37.7 Å². The van der Waals surface area contributed by atoms with Gasteiger partial charge in [-0.1, -0.05) is 11.6 Å². The summed E-state index contributed by atoms with van der Waals surface area (Å²) in [6.45, 7) is 1.88. The maximum Gasteiger partial charge on any atom is 0.215 e. The topological polar surface area (TPSA) is 59.9 Å². The molecule has 1 aromatic carbocycles. The third kappa shape index (κ3) is 1.09. The van der Waals surface area contributed by atoms with Crippen LogP contribution < -0.4 is 0 Å². The highest BCUT2D eigenvalue weighted by atomic mass is 32.1. The van der Waals surface area contributed by atoms with E-state index in [1.54, 1.807) is 12.1 Å². The van der Waals surface area contributed by atoms with Gasteiger partial charge in [0.15, 0.2) is 11.4 Å². The molecule has 0 N–H and O–H groups in total. The lowest BCUT2D eigenvalue weighted by Crippen LogP contribution is -2.20. The average Bonchev–Trinajstić information content (AvgIpc) is 2.75. The van der Waals surface area contributed by atoms with Gasteiger partial charge in [-0.05, 0) is 19.1 Å². The molecular formula is C11H6N2O2S. The zero-order valence-corrected chi connectivity index (χ0v) is 9.17. The van der Waals surface area contributed by atoms with Gasteiger partial charge in [0.25, 0.3) is 0 Å². The van der Waals surface area contributed by atoms with E-state index in [1.807, 2.05) is 13.0 Å². The van der Waals surface area contributed by atoms with Gasteiger partial charge < -0.3 is 0 Å². The first-order valence-electron chi connectivity index (χ1n) is 4.71. The Bertz CT molecular complexity index is 631. The molecule has 4 nitrogen and oxygen atoms in total. The van der Waals surface area contributed by atoms with Crippen LogP contribution in [0.25, 0.3) is 0 Å². The van der Waals surface area contributed by atoms with Gasteiger partial charge in [-0.15, -0.1) is 0 Å². The van der Waals surface area contributed by atoms with Crippen molar-refractivity contribution in [2.75, 3.05) is 0 Å². The van der Waals surface area contributed by atoms with Crippen molar-refractivity contribution in [2.45, 2.75) is 6.92 Å². The summed E-state index contributed by atoms with van der Waals surface area (Å²) in [6, 6.07) is 5.21. The molecule has 0 amide bonds. The Morgan fingerprint density at radius 3 is 2.31 bits per heavy atom. The maximum atomic E-state index is 12.0. The molecule has 2 aromatic rings. The molecule has 1 heterocycles. The number of aryl methyl sites for hydroxylation is 1. The highest BCUT2D eigenvalue weighted by molar-refractivity contribution is 6.99. The summed E-state index contributed by atoms with van der Waals surface area (Å²) in [4.78, 5) is 24.0. The molecule has 0 aliphatic heterocycles. The Hall–Kier alpha value is -1.88. The number of nitrogens with zero attached hydrogens (tertiary/aromatic N) is 2. The van der Waals surface area contributed by atoms with Crippen LogP contribution in [0.15, 0.2) is 18.2 Å². The zero-order chi connectivity index (χ0) is 11.3. The molecular weight excluding hydrogens is 224 g/mol. The van der Waals surface area contributed by atoms with E-state index in [0.717, 1.165) is 17.3 Å². The molecule has 78 valence electrons.